The van der Waals surface area contributed by atoms with E-state index >= 15 is 0 Å². The van der Waals surface area contributed by atoms with Gasteiger partial charge in [0.25, 0.3) is 0 Å². The summed E-state index contributed by atoms with van der Waals surface area (Å²) >= 11 is 2.46. The van der Waals surface area contributed by atoms with Gasteiger partial charge in [-0.15, -0.1) is 0 Å². The number of carbonyl (C=O) groups excluding carboxylic acids is 1. The molecule has 0 bridgehead atoms. The molecular weight excluding hydrogens is 323 g/mol. The molecule has 0 atom stereocenters. The number of carbonyl (C=O) groups is 1. The highest BCUT2D eigenvalue weighted by Gasteiger charge is 1.97. The Morgan fingerprint density at radius 1 is 0.765 bits per heavy atom. The molecule has 102 valence electrons. The Balaban J connectivity index is 2.96. The summed E-state index contributed by atoms with van der Waals surface area (Å²) in [7, 11) is 0. The van der Waals surface area contributed by atoms with Crippen molar-refractivity contribution in [3.05, 3.63) is 0 Å². The predicted molar refractivity (Wildman–Crippen MR) is 85.0 cm³/mol. The van der Waals surface area contributed by atoms with Crippen LogP contribution in [0.3, 0.4) is 0 Å². The number of hydrogen-bond donors (Lipinski definition) is 0. The van der Waals surface area contributed by atoms with Crippen molar-refractivity contribution < 1.29 is 4.79 Å². The second kappa shape index (κ2) is 14.5. The largest absolute Gasteiger partial charge is 0.300 e. The molecule has 0 aliphatic rings. The molecule has 0 amide bonds. The maximum atomic E-state index is 11.1. The lowest BCUT2D eigenvalue weighted by Crippen LogP contribution is -1.94. The smallest absolute Gasteiger partial charge is 0.132 e. The zero-order valence-electron chi connectivity index (χ0n) is 11.5. The molecule has 0 aromatic carbocycles. The summed E-state index contributed by atoms with van der Waals surface area (Å²) in [5.41, 5.74) is 0. The SMILES string of the molecule is CCC(=O)CCCCCCCCCCCCI. The van der Waals surface area contributed by atoms with Crippen molar-refractivity contribution in [2.24, 2.45) is 0 Å². The lowest BCUT2D eigenvalue weighted by atomic mass is 10.0. The molecule has 0 aromatic rings. The summed E-state index contributed by atoms with van der Waals surface area (Å²) in [4.78, 5) is 11.1. The summed E-state index contributed by atoms with van der Waals surface area (Å²) in [5, 5.41) is 0. The van der Waals surface area contributed by atoms with E-state index in [1.807, 2.05) is 6.92 Å². The third kappa shape index (κ3) is 14.3. The molecule has 0 fully saturated rings. The minimum Gasteiger partial charge on any atom is -0.300 e. The van der Waals surface area contributed by atoms with Gasteiger partial charge in [0.05, 0.1) is 0 Å². The lowest BCUT2D eigenvalue weighted by Gasteiger charge is -2.02. The molecule has 0 aliphatic heterocycles. The summed E-state index contributed by atoms with van der Waals surface area (Å²) in [6.45, 7) is 1.96. The first-order valence-corrected chi connectivity index (χ1v) is 8.91. The third-order valence-electron chi connectivity index (χ3n) is 3.23. The van der Waals surface area contributed by atoms with Gasteiger partial charge in [0.15, 0.2) is 0 Å². The molecule has 0 aliphatic carbocycles. The number of ketones is 1. The Kier molecular flexibility index (Phi) is 14.8. The van der Waals surface area contributed by atoms with Gasteiger partial charge in [0.2, 0.25) is 0 Å². The van der Waals surface area contributed by atoms with Gasteiger partial charge < -0.3 is 0 Å². The Labute approximate surface area is 121 Å². The van der Waals surface area contributed by atoms with Crippen LogP contribution in [0.1, 0.15) is 84.0 Å². The number of unbranched alkanes of at least 4 members (excludes halogenated alkanes) is 9. The summed E-state index contributed by atoms with van der Waals surface area (Å²) in [6, 6.07) is 0. The highest BCUT2D eigenvalue weighted by molar-refractivity contribution is 14.1. The minimum absolute atomic E-state index is 0.431. The third-order valence-corrected chi connectivity index (χ3v) is 4.00. The first-order valence-electron chi connectivity index (χ1n) is 7.39. The maximum absolute atomic E-state index is 11.1. The van der Waals surface area contributed by atoms with E-state index in [4.69, 9.17) is 0 Å². The molecule has 2 heteroatoms. The van der Waals surface area contributed by atoms with Gasteiger partial charge >= 0.3 is 0 Å². The minimum atomic E-state index is 0.431. The van der Waals surface area contributed by atoms with Gasteiger partial charge in [-0.1, -0.05) is 80.9 Å². The first-order chi connectivity index (χ1) is 8.31. The van der Waals surface area contributed by atoms with E-state index in [-0.39, 0.29) is 0 Å². The zero-order valence-corrected chi connectivity index (χ0v) is 13.6. The van der Waals surface area contributed by atoms with Crippen molar-refractivity contribution in [3.63, 3.8) is 0 Å². The van der Waals surface area contributed by atoms with Crippen LogP contribution in [0, 0.1) is 0 Å². The van der Waals surface area contributed by atoms with Crippen molar-refractivity contribution in [1.29, 1.82) is 0 Å². The van der Waals surface area contributed by atoms with Crippen LogP contribution in [-0.2, 0) is 4.79 Å². The van der Waals surface area contributed by atoms with Crippen molar-refractivity contribution >= 4 is 28.4 Å². The molecule has 17 heavy (non-hydrogen) atoms. The molecule has 0 saturated carbocycles. The fraction of sp³-hybridized carbons (Fsp3) is 0.933. The topological polar surface area (TPSA) is 17.1 Å². The fourth-order valence-corrected chi connectivity index (χ4v) is 2.55. The van der Waals surface area contributed by atoms with E-state index in [2.05, 4.69) is 22.6 Å². The van der Waals surface area contributed by atoms with Crippen molar-refractivity contribution in [3.8, 4) is 0 Å². The molecule has 1 nitrogen and oxygen atoms in total. The molecule has 0 heterocycles. The van der Waals surface area contributed by atoms with Crippen LogP contribution in [0.25, 0.3) is 0 Å². The maximum Gasteiger partial charge on any atom is 0.132 e. The van der Waals surface area contributed by atoms with E-state index in [1.165, 1.54) is 62.2 Å². The fourth-order valence-electron chi connectivity index (χ4n) is 2.01. The highest BCUT2D eigenvalue weighted by Crippen LogP contribution is 2.12. The van der Waals surface area contributed by atoms with Crippen molar-refractivity contribution in [2.45, 2.75) is 84.0 Å². The van der Waals surface area contributed by atoms with Crippen LogP contribution in [0.2, 0.25) is 0 Å². The van der Waals surface area contributed by atoms with E-state index in [1.54, 1.807) is 0 Å². The van der Waals surface area contributed by atoms with Crippen molar-refractivity contribution in [2.75, 3.05) is 4.43 Å². The van der Waals surface area contributed by atoms with Crippen molar-refractivity contribution in [1.82, 2.24) is 0 Å². The van der Waals surface area contributed by atoms with Gasteiger partial charge in [-0.05, 0) is 17.3 Å². The van der Waals surface area contributed by atoms with E-state index < -0.39 is 0 Å². The van der Waals surface area contributed by atoms with Crippen LogP contribution < -0.4 is 0 Å². The van der Waals surface area contributed by atoms with E-state index in [0.717, 1.165) is 19.3 Å². The standard InChI is InChI=1S/C15H29IO/c1-2-15(17)13-11-9-7-5-3-4-6-8-10-12-14-16/h2-14H2,1H3. The first kappa shape index (κ1) is 17.4. The second-order valence-electron chi connectivity index (χ2n) is 4.87. The molecule has 0 unspecified atom stereocenters. The Morgan fingerprint density at radius 2 is 1.18 bits per heavy atom. The lowest BCUT2D eigenvalue weighted by molar-refractivity contribution is -0.118. The van der Waals surface area contributed by atoms with Gasteiger partial charge in [-0.3, -0.25) is 4.79 Å². The number of rotatable bonds is 13. The quantitative estimate of drug-likeness (QED) is 0.236. The zero-order chi connectivity index (χ0) is 12.8. The molecule has 0 aromatic heterocycles. The molecule has 0 spiro atoms. The molecule has 0 N–H and O–H groups in total. The van der Waals surface area contributed by atoms with Gasteiger partial charge in [-0.25, -0.2) is 0 Å². The Hall–Kier alpha value is 0.400. The summed E-state index contributed by atoms with van der Waals surface area (Å²) in [5.74, 6) is 0.431. The number of halogens is 1. The average Bonchev–Trinajstić information content (AvgIpc) is 2.35. The Bertz CT molecular complexity index is 168. The monoisotopic (exact) mass is 352 g/mol. The van der Waals surface area contributed by atoms with E-state index in [0.29, 0.717) is 5.78 Å². The van der Waals surface area contributed by atoms with Crippen LogP contribution in [0.5, 0.6) is 0 Å². The molecule has 0 saturated heterocycles. The van der Waals surface area contributed by atoms with Crippen LogP contribution in [0.4, 0.5) is 0 Å². The van der Waals surface area contributed by atoms with Crippen LogP contribution >= 0.6 is 22.6 Å². The normalized spacial score (nSPS) is 10.7. The molecule has 0 rings (SSSR count). The molecular formula is C15H29IO. The highest BCUT2D eigenvalue weighted by atomic mass is 127. The number of Topliss-reactive ketones (excluding diaryl/α,β-unsaturated/α-hetero) is 1. The summed E-state index contributed by atoms with van der Waals surface area (Å²) in [6.07, 6.45) is 15.1. The predicted octanol–water partition coefficient (Wildman–Crippen LogP) is 5.69. The van der Waals surface area contributed by atoms with Gasteiger partial charge in [0.1, 0.15) is 5.78 Å². The average molecular weight is 352 g/mol. The van der Waals surface area contributed by atoms with Gasteiger partial charge in [-0.2, -0.15) is 0 Å². The van der Waals surface area contributed by atoms with E-state index in [9.17, 15) is 4.79 Å². The molecule has 0 radical (unpaired) electrons. The number of hydrogen-bond acceptors (Lipinski definition) is 1. The summed E-state index contributed by atoms with van der Waals surface area (Å²) < 4.78 is 1.31. The van der Waals surface area contributed by atoms with Gasteiger partial charge in [0, 0.05) is 12.8 Å². The number of alkyl halides is 1. The Morgan fingerprint density at radius 3 is 1.59 bits per heavy atom. The van der Waals surface area contributed by atoms with Crippen LogP contribution in [-0.4, -0.2) is 10.2 Å². The van der Waals surface area contributed by atoms with Crippen LogP contribution in [0.15, 0.2) is 0 Å². The second-order valence-corrected chi connectivity index (χ2v) is 5.95.